The Bertz CT molecular complexity index is 956. The molecule has 168 valence electrons. The molecule has 0 aliphatic carbocycles. The Kier molecular flexibility index (Phi) is 8.84. The predicted molar refractivity (Wildman–Crippen MR) is 132 cm³/mol. The molecule has 3 rings (SSSR count). The highest BCUT2D eigenvalue weighted by atomic mass is 16.5. The van der Waals surface area contributed by atoms with Crippen molar-refractivity contribution < 1.29 is 9.53 Å². The number of ether oxygens (including phenoxy) is 1. The molecule has 0 radical (unpaired) electrons. The first-order valence-electron chi connectivity index (χ1n) is 11.1. The lowest BCUT2D eigenvalue weighted by Gasteiger charge is -2.26. The Balaban J connectivity index is 1.75. The minimum absolute atomic E-state index is 0.183. The number of benzene rings is 3. The first kappa shape index (κ1) is 23.5. The fourth-order valence-electron chi connectivity index (χ4n) is 3.66. The lowest BCUT2D eigenvalue weighted by molar-refractivity contribution is 0.181. The number of hydrogen-bond donors (Lipinski definition) is 2. The van der Waals surface area contributed by atoms with E-state index in [1.54, 1.807) is 12.0 Å². The van der Waals surface area contributed by atoms with Crippen LogP contribution in [0.2, 0.25) is 0 Å². The van der Waals surface area contributed by atoms with E-state index in [-0.39, 0.29) is 12.1 Å². The number of carbonyl (C=O) groups is 1. The van der Waals surface area contributed by atoms with Crippen LogP contribution in [-0.2, 0) is 17.7 Å². The van der Waals surface area contributed by atoms with Crippen molar-refractivity contribution >= 4 is 11.7 Å². The number of urea groups is 1. The van der Waals surface area contributed by atoms with Gasteiger partial charge in [-0.05, 0) is 40.8 Å². The molecule has 0 bridgehead atoms. The number of hydrogen-bond acceptors (Lipinski definition) is 3. The first-order valence-corrected chi connectivity index (χ1v) is 11.1. The van der Waals surface area contributed by atoms with Crippen LogP contribution in [0.1, 0.15) is 24.5 Å². The van der Waals surface area contributed by atoms with Crippen molar-refractivity contribution in [1.29, 1.82) is 0 Å². The standard InChI is InChI=1S/C27H33N3O2/c1-3-7-21-10-12-23(13-11-21)24-14-16-26(17-15-24)30(19-25(28)20-32-2)27(31)29-18-22-8-5-4-6-9-22/h4-6,8-17,25H,3,7,18-20,28H2,1-2H3,(H,29,31). The van der Waals surface area contributed by atoms with Gasteiger partial charge >= 0.3 is 6.03 Å². The fraction of sp³-hybridized carbons (Fsp3) is 0.296. The Morgan fingerprint density at radius 1 is 0.938 bits per heavy atom. The topological polar surface area (TPSA) is 67.6 Å². The lowest BCUT2D eigenvalue weighted by Crippen LogP contribution is -2.47. The minimum Gasteiger partial charge on any atom is -0.383 e. The zero-order valence-corrected chi connectivity index (χ0v) is 19.0. The van der Waals surface area contributed by atoms with Gasteiger partial charge in [0.15, 0.2) is 0 Å². The molecule has 1 unspecified atom stereocenters. The molecule has 5 heteroatoms. The van der Waals surface area contributed by atoms with Gasteiger partial charge in [-0.1, -0.05) is 80.1 Å². The molecule has 1 atom stereocenters. The molecule has 0 saturated carbocycles. The highest BCUT2D eigenvalue weighted by Gasteiger charge is 2.19. The minimum atomic E-state index is -0.284. The number of nitrogens with two attached hydrogens (primary N) is 1. The molecule has 0 aliphatic heterocycles. The SMILES string of the molecule is CCCc1ccc(-c2ccc(N(CC(N)COC)C(=O)NCc3ccccc3)cc2)cc1. The van der Waals surface area contributed by atoms with Crippen molar-refractivity contribution in [2.75, 3.05) is 25.2 Å². The molecule has 2 amide bonds. The Morgan fingerprint density at radius 3 is 2.16 bits per heavy atom. The molecule has 5 nitrogen and oxygen atoms in total. The van der Waals surface area contributed by atoms with Crippen molar-refractivity contribution in [2.24, 2.45) is 5.73 Å². The highest BCUT2D eigenvalue weighted by molar-refractivity contribution is 5.92. The summed E-state index contributed by atoms with van der Waals surface area (Å²) in [4.78, 5) is 14.7. The van der Waals surface area contributed by atoms with E-state index in [9.17, 15) is 4.79 Å². The molecular weight excluding hydrogens is 398 g/mol. The van der Waals surface area contributed by atoms with E-state index in [0.29, 0.717) is 19.7 Å². The van der Waals surface area contributed by atoms with E-state index in [1.807, 2.05) is 54.6 Å². The number of rotatable bonds is 10. The van der Waals surface area contributed by atoms with Crippen LogP contribution in [0.5, 0.6) is 0 Å². The largest absolute Gasteiger partial charge is 0.383 e. The maximum Gasteiger partial charge on any atom is 0.322 e. The van der Waals surface area contributed by atoms with Crippen LogP contribution in [0.25, 0.3) is 11.1 Å². The van der Waals surface area contributed by atoms with Crippen LogP contribution in [0.3, 0.4) is 0 Å². The highest BCUT2D eigenvalue weighted by Crippen LogP contribution is 2.24. The van der Waals surface area contributed by atoms with Gasteiger partial charge in [0.2, 0.25) is 0 Å². The molecule has 0 aromatic heterocycles. The third-order valence-corrected chi connectivity index (χ3v) is 5.33. The molecule has 0 spiro atoms. The first-order chi connectivity index (χ1) is 15.6. The summed E-state index contributed by atoms with van der Waals surface area (Å²) < 4.78 is 5.17. The van der Waals surface area contributed by atoms with Gasteiger partial charge in [0, 0.05) is 31.9 Å². The average molecular weight is 432 g/mol. The summed E-state index contributed by atoms with van der Waals surface area (Å²) in [5.41, 5.74) is 11.6. The summed E-state index contributed by atoms with van der Waals surface area (Å²) in [6.45, 7) is 3.38. The Labute approximate surface area is 191 Å². The van der Waals surface area contributed by atoms with Crippen LogP contribution in [-0.4, -0.2) is 32.3 Å². The van der Waals surface area contributed by atoms with E-state index in [4.69, 9.17) is 10.5 Å². The number of methoxy groups -OCH3 is 1. The van der Waals surface area contributed by atoms with Crippen molar-refractivity contribution in [3.05, 3.63) is 90.0 Å². The van der Waals surface area contributed by atoms with Gasteiger partial charge in [0.25, 0.3) is 0 Å². The maximum atomic E-state index is 13.0. The average Bonchev–Trinajstić information content (AvgIpc) is 2.83. The van der Waals surface area contributed by atoms with Crippen LogP contribution >= 0.6 is 0 Å². The third kappa shape index (κ3) is 6.67. The Hall–Kier alpha value is -3.15. The monoisotopic (exact) mass is 431 g/mol. The second-order valence-corrected chi connectivity index (χ2v) is 7.96. The maximum absolute atomic E-state index is 13.0. The molecule has 32 heavy (non-hydrogen) atoms. The number of anilines is 1. The van der Waals surface area contributed by atoms with E-state index >= 15 is 0 Å². The summed E-state index contributed by atoms with van der Waals surface area (Å²) in [7, 11) is 1.61. The summed E-state index contributed by atoms with van der Waals surface area (Å²) in [6.07, 6.45) is 2.23. The summed E-state index contributed by atoms with van der Waals surface area (Å²) in [5, 5.41) is 3.00. The van der Waals surface area contributed by atoms with Crippen LogP contribution in [0.4, 0.5) is 10.5 Å². The normalized spacial score (nSPS) is 11.7. The van der Waals surface area contributed by atoms with Crippen LogP contribution in [0.15, 0.2) is 78.9 Å². The van der Waals surface area contributed by atoms with Gasteiger partial charge in [-0.3, -0.25) is 4.90 Å². The van der Waals surface area contributed by atoms with E-state index in [1.165, 1.54) is 5.56 Å². The zero-order chi connectivity index (χ0) is 22.8. The smallest absolute Gasteiger partial charge is 0.322 e. The second kappa shape index (κ2) is 12.0. The number of carbonyl (C=O) groups excluding carboxylic acids is 1. The molecule has 0 aliphatic rings. The van der Waals surface area contributed by atoms with Crippen molar-refractivity contribution in [3.63, 3.8) is 0 Å². The van der Waals surface area contributed by atoms with Crippen molar-refractivity contribution in [1.82, 2.24) is 5.32 Å². The second-order valence-electron chi connectivity index (χ2n) is 7.96. The molecule has 3 N–H and O–H groups in total. The molecule has 3 aromatic rings. The van der Waals surface area contributed by atoms with Crippen LogP contribution in [0, 0.1) is 0 Å². The number of aryl methyl sites for hydroxylation is 1. The zero-order valence-electron chi connectivity index (χ0n) is 19.0. The van der Waals surface area contributed by atoms with Gasteiger partial charge in [0.1, 0.15) is 0 Å². The van der Waals surface area contributed by atoms with Crippen molar-refractivity contribution in [3.8, 4) is 11.1 Å². The van der Waals surface area contributed by atoms with Gasteiger partial charge in [0.05, 0.1) is 6.61 Å². The van der Waals surface area contributed by atoms with E-state index in [0.717, 1.165) is 35.2 Å². The van der Waals surface area contributed by atoms with Gasteiger partial charge in [-0.25, -0.2) is 4.79 Å². The molecule has 0 saturated heterocycles. The van der Waals surface area contributed by atoms with Crippen LogP contribution < -0.4 is 16.0 Å². The molecule has 0 heterocycles. The molecule has 0 fully saturated rings. The predicted octanol–water partition coefficient (Wildman–Crippen LogP) is 5.00. The summed E-state index contributed by atoms with van der Waals surface area (Å²) >= 11 is 0. The van der Waals surface area contributed by atoms with Gasteiger partial charge < -0.3 is 15.8 Å². The number of amides is 2. The summed E-state index contributed by atoms with van der Waals surface area (Å²) in [6, 6.07) is 26.1. The molecular formula is C27H33N3O2. The third-order valence-electron chi connectivity index (χ3n) is 5.33. The van der Waals surface area contributed by atoms with Crippen molar-refractivity contribution in [2.45, 2.75) is 32.4 Å². The number of nitrogens with one attached hydrogen (secondary N) is 1. The molecule has 3 aromatic carbocycles. The lowest BCUT2D eigenvalue weighted by atomic mass is 10.0. The quantitative estimate of drug-likeness (QED) is 0.475. The Morgan fingerprint density at radius 2 is 1.56 bits per heavy atom. The van der Waals surface area contributed by atoms with E-state index < -0.39 is 0 Å². The van der Waals surface area contributed by atoms with Gasteiger partial charge in [-0.15, -0.1) is 0 Å². The van der Waals surface area contributed by atoms with Gasteiger partial charge in [-0.2, -0.15) is 0 Å². The number of nitrogens with zero attached hydrogens (tertiary/aromatic N) is 1. The fourth-order valence-corrected chi connectivity index (χ4v) is 3.66. The summed E-state index contributed by atoms with van der Waals surface area (Å²) in [5.74, 6) is 0. The van der Waals surface area contributed by atoms with E-state index in [2.05, 4.69) is 36.5 Å².